The summed E-state index contributed by atoms with van der Waals surface area (Å²) >= 11 is 0. The first-order valence-corrected chi connectivity index (χ1v) is 7.36. The Kier molecular flexibility index (Phi) is 4.65. The molecule has 0 spiro atoms. The van der Waals surface area contributed by atoms with E-state index >= 15 is 0 Å². The molecule has 1 aliphatic rings. The van der Waals surface area contributed by atoms with Crippen molar-refractivity contribution in [1.82, 2.24) is 15.1 Å². The van der Waals surface area contributed by atoms with E-state index in [1.54, 1.807) is 4.68 Å². The zero-order chi connectivity index (χ0) is 14.7. The monoisotopic (exact) mass is 279 g/mol. The number of primary amides is 1. The van der Waals surface area contributed by atoms with Crippen LogP contribution in [0, 0.1) is 6.92 Å². The molecule has 1 aromatic rings. The summed E-state index contributed by atoms with van der Waals surface area (Å²) in [6.45, 7) is 6.72. The normalized spacial score (nSPS) is 19.1. The Balaban J connectivity index is 2.24. The van der Waals surface area contributed by atoms with Gasteiger partial charge in [-0.15, -0.1) is 0 Å². The van der Waals surface area contributed by atoms with E-state index < -0.39 is 5.91 Å². The van der Waals surface area contributed by atoms with Crippen LogP contribution in [0.4, 0.5) is 5.82 Å². The van der Waals surface area contributed by atoms with Crippen molar-refractivity contribution in [2.45, 2.75) is 39.2 Å². The number of hydrogen-bond acceptors (Lipinski definition) is 4. The number of rotatable bonds is 5. The Morgan fingerprint density at radius 2 is 2.30 bits per heavy atom. The lowest BCUT2D eigenvalue weighted by Gasteiger charge is -2.31. The molecule has 6 heteroatoms. The minimum absolute atomic E-state index is 0.402. The highest BCUT2D eigenvalue weighted by molar-refractivity contribution is 5.99. The first-order chi connectivity index (χ1) is 9.54. The summed E-state index contributed by atoms with van der Waals surface area (Å²) in [6, 6.07) is 0.472. The first-order valence-electron chi connectivity index (χ1n) is 7.36. The van der Waals surface area contributed by atoms with Crippen LogP contribution in [-0.2, 0) is 7.05 Å². The van der Waals surface area contributed by atoms with Gasteiger partial charge in [-0.3, -0.25) is 9.48 Å². The van der Waals surface area contributed by atoms with Crippen molar-refractivity contribution in [2.24, 2.45) is 12.8 Å². The minimum Gasteiger partial charge on any atom is -0.365 e. The summed E-state index contributed by atoms with van der Waals surface area (Å²) in [4.78, 5) is 13.9. The average molecular weight is 279 g/mol. The molecule has 1 saturated heterocycles. The number of anilines is 1. The van der Waals surface area contributed by atoms with Gasteiger partial charge in [0.05, 0.1) is 5.69 Å². The lowest BCUT2D eigenvalue weighted by molar-refractivity contribution is 0.1000. The molecule has 1 fully saturated rings. The molecule has 20 heavy (non-hydrogen) atoms. The van der Waals surface area contributed by atoms with E-state index in [0.717, 1.165) is 25.5 Å². The molecule has 0 saturated carbocycles. The number of hydrogen-bond donors (Lipinski definition) is 2. The molecule has 112 valence electrons. The largest absolute Gasteiger partial charge is 0.365 e. The lowest BCUT2D eigenvalue weighted by Crippen LogP contribution is -2.44. The van der Waals surface area contributed by atoms with Gasteiger partial charge < -0.3 is 16.0 Å². The smallest absolute Gasteiger partial charge is 0.254 e. The summed E-state index contributed by atoms with van der Waals surface area (Å²) in [5.74, 6) is 0.436. The number of amides is 1. The highest BCUT2D eigenvalue weighted by atomic mass is 16.1. The molecule has 1 atom stereocenters. The van der Waals surface area contributed by atoms with E-state index in [1.165, 1.54) is 19.3 Å². The molecule has 0 aliphatic carbocycles. The van der Waals surface area contributed by atoms with Crippen LogP contribution in [-0.4, -0.2) is 41.4 Å². The average Bonchev–Trinajstić information content (AvgIpc) is 2.72. The van der Waals surface area contributed by atoms with Crippen LogP contribution >= 0.6 is 0 Å². The van der Waals surface area contributed by atoms with E-state index in [1.807, 2.05) is 14.0 Å². The number of nitrogens with two attached hydrogens (primary N) is 1. The van der Waals surface area contributed by atoms with Gasteiger partial charge in [0.2, 0.25) is 0 Å². The maximum atomic E-state index is 11.7. The molecule has 6 nitrogen and oxygen atoms in total. The third-order valence-corrected chi connectivity index (χ3v) is 3.97. The predicted molar refractivity (Wildman–Crippen MR) is 80.0 cm³/mol. The molecule has 3 N–H and O–H groups in total. The summed E-state index contributed by atoms with van der Waals surface area (Å²) < 4.78 is 1.77. The third kappa shape index (κ3) is 2.95. The van der Waals surface area contributed by atoms with Crippen molar-refractivity contribution in [1.29, 1.82) is 0 Å². The molecular formula is C14H25N5O. The molecule has 0 bridgehead atoms. The van der Waals surface area contributed by atoms with Crippen LogP contribution in [0.5, 0.6) is 0 Å². The number of carbonyl (C=O) groups excluding carboxylic acids is 1. The predicted octanol–water partition coefficient (Wildman–Crippen LogP) is 0.796. The summed E-state index contributed by atoms with van der Waals surface area (Å²) in [5, 5.41) is 7.89. The number of nitrogens with zero attached hydrogens (tertiary/aromatic N) is 3. The van der Waals surface area contributed by atoms with Crippen molar-refractivity contribution in [3.05, 3.63) is 11.3 Å². The second-order valence-corrected chi connectivity index (χ2v) is 5.46. The van der Waals surface area contributed by atoms with Crippen molar-refractivity contribution in [2.75, 3.05) is 24.5 Å². The van der Waals surface area contributed by atoms with Gasteiger partial charge in [0.15, 0.2) is 0 Å². The van der Waals surface area contributed by atoms with E-state index in [0.29, 0.717) is 17.3 Å². The molecule has 1 aromatic heterocycles. The van der Waals surface area contributed by atoms with Gasteiger partial charge in [-0.05, 0) is 33.2 Å². The fourth-order valence-corrected chi connectivity index (χ4v) is 3.01. The van der Waals surface area contributed by atoms with E-state index in [2.05, 4.69) is 22.2 Å². The number of aryl methyl sites for hydroxylation is 2. The van der Waals surface area contributed by atoms with E-state index in [9.17, 15) is 4.79 Å². The number of aromatic nitrogens is 2. The third-order valence-electron chi connectivity index (χ3n) is 3.97. The number of likely N-dealkylation sites (N-methyl/N-ethyl adjacent to an activating group) is 1. The van der Waals surface area contributed by atoms with E-state index in [-0.39, 0.29) is 0 Å². The quantitative estimate of drug-likeness (QED) is 0.836. The van der Waals surface area contributed by atoms with Crippen LogP contribution in [0.1, 0.15) is 42.2 Å². The zero-order valence-corrected chi connectivity index (χ0v) is 12.6. The van der Waals surface area contributed by atoms with Gasteiger partial charge in [-0.25, -0.2) is 0 Å². The second-order valence-electron chi connectivity index (χ2n) is 5.46. The molecule has 2 heterocycles. The highest BCUT2D eigenvalue weighted by Gasteiger charge is 2.24. The number of piperidine rings is 1. The molecule has 2 rings (SSSR count). The van der Waals surface area contributed by atoms with Crippen LogP contribution in [0.25, 0.3) is 0 Å². The second kappa shape index (κ2) is 6.26. The lowest BCUT2D eigenvalue weighted by atomic mass is 10.0. The Morgan fingerprint density at radius 3 is 2.85 bits per heavy atom. The number of carbonyl (C=O) groups is 1. The molecule has 1 amide bonds. The molecule has 1 aliphatic heterocycles. The fraction of sp³-hybridized carbons (Fsp3) is 0.714. The van der Waals surface area contributed by atoms with Gasteiger partial charge in [-0.1, -0.05) is 6.42 Å². The Labute approximate surface area is 120 Å². The summed E-state index contributed by atoms with van der Waals surface area (Å²) in [7, 11) is 1.87. The number of nitrogens with one attached hydrogen (secondary N) is 1. The molecule has 0 radical (unpaired) electrons. The van der Waals surface area contributed by atoms with Gasteiger partial charge in [0.25, 0.3) is 5.91 Å². The zero-order valence-electron chi connectivity index (χ0n) is 12.6. The van der Waals surface area contributed by atoms with Gasteiger partial charge in [-0.2, -0.15) is 5.10 Å². The molecule has 1 unspecified atom stereocenters. The SMILES string of the molecule is CCN(CC1CCCCN1)c1c(C(N)=O)c(C)nn1C. The van der Waals surface area contributed by atoms with E-state index in [4.69, 9.17) is 5.73 Å². The van der Waals surface area contributed by atoms with Gasteiger partial charge in [0, 0.05) is 26.2 Å². The Hall–Kier alpha value is -1.56. The minimum atomic E-state index is -0.402. The van der Waals surface area contributed by atoms with Crippen molar-refractivity contribution >= 4 is 11.7 Å². The fourth-order valence-electron chi connectivity index (χ4n) is 3.01. The van der Waals surface area contributed by atoms with Gasteiger partial charge in [0.1, 0.15) is 11.4 Å². The Bertz CT molecular complexity index is 476. The molecule has 0 aromatic carbocycles. The maximum absolute atomic E-state index is 11.7. The van der Waals surface area contributed by atoms with Crippen molar-refractivity contribution < 1.29 is 4.79 Å². The summed E-state index contributed by atoms with van der Waals surface area (Å²) in [5.41, 5.74) is 6.77. The van der Waals surface area contributed by atoms with Crippen molar-refractivity contribution in [3.8, 4) is 0 Å². The van der Waals surface area contributed by atoms with Crippen molar-refractivity contribution in [3.63, 3.8) is 0 Å². The van der Waals surface area contributed by atoms with Gasteiger partial charge >= 0.3 is 0 Å². The Morgan fingerprint density at radius 1 is 1.55 bits per heavy atom. The van der Waals surface area contributed by atoms with Crippen LogP contribution < -0.4 is 16.0 Å². The standard InChI is InChI=1S/C14H25N5O/c1-4-19(9-11-7-5-6-8-16-11)14-12(13(15)20)10(2)17-18(14)3/h11,16H,4-9H2,1-3H3,(H2,15,20). The maximum Gasteiger partial charge on any atom is 0.254 e. The molecular weight excluding hydrogens is 254 g/mol. The van der Waals surface area contributed by atoms with Crippen LogP contribution in [0.15, 0.2) is 0 Å². The highest BCUT2D eigenvalue weighted by Crippen LogP contribution is 2.23. The first kappa shape index (κ1) is 14.8. The topological polar surface area (TPSA) is 76.2 Å². The van der Waals surface area contributed by atoms with Crippen LogP contribution in [0.3, 0.4) is 0 Å². The van der Waals surface area contributed by atoms with Crippen LogP contribution in [0.2, 0.25) is 0 Å². The summed E-state index contributed by atoms with van der Waals surface area (Å²) in [6.07, 6.45) is 3.70.